The molecule has 2 amide bonds. The summed E-state index contributed by atoms with van der Waals surface area (Å²) in [5.41, 5.74) is 0.719. The number of ether oxygens (including phenoxy) is 3. The molecule has 0 radical (unpaired) electrons. The molecule has 0 bridgehead atoms. The lowest BCUT2D eigenvalue weighted by atomic mass is 9.90. The van der Waals surface area contributed by atoms with Crippen LogP contribution in [0.1, 0.15) is 53.4 Å². The lowest BCUT2D eigenvalue weighted by Crippen LogP contribution is -2.48. The maximum absolute atomic E-state index is 13.1. The molecule has 3 rings (SSSR count). The molecule has 1 aliphatic rings. The third-order valence-electron chi connectivity index (χ3n) is 5.47. The number of carbonyl (C=O) groups excluding carboxylic acids is 2. The largest absolute Gasteiger partial charge is 0.467 e. The number of methoxy groups -OCH3 is 1. The van der Waals surface area contributed by atoms with Gasteiger partial charge in [-0.05, 0) is 53.4 Å². The summed E-state index contributed by atoms with van der Waals surface area (Å²) < 4.78 is 15.7. The van der Waals surface area contributed by atoms with Crippen LogP contribution in [0.25, 0.3) is 11.3 Å². The van der Waals surface area contributed by atoms with Crippen molar-refractivity contribution in [2.75, 3.05) is 25.2 Å². The predicted octanol–water partition coefficient (Wildman–Crippen LogP) is 3.15. The molecule has 0 atom stereocenters. The van der Waals surface area contributed by atoms with Crippen LogP contribution in [0.15, 0.2) is 24.8 Å². The van der Waals surface area contributed by atoms with Crippen molar-refractivity contribution in [1.29, 1.82) is 0 Å². The minimum absolute atomic E-state index is 0.00604. The normalized spacial score (nSPS) is 18.0. The Balaban J connectivity index is 1.70. The minimum atomic E-state index is -0.549. The fourth-order valence-electron chi connectivity index (χ4n) is 3.88. The van der Waals surface area contributed by atoms with Gasteiger partial charge in [-0.3, -0.25) is 14.7 Å². The van der Waals surface area contributed by atoms with E-state index < -0.39 is 11.7 Å². The van der Waals surface area contributed by atoms with Gasteiger partial charge in [0.1, 0.15) is 12.2 Å². The summed E-state index contributed by atoms with van der Waals surface area (Å²) in [4.78, 5) is 44.0. The third kappa shape index (κ3) is 7.57. The molecule has 35 heavy (non-hydrogen) atoms. The van der Waals surface area contributed by atoms with E-state index in [2.05, 4.69) is 25.3 Å². The highest BCUT2D eigenvalue weighted by Gasteiger charge is 2.32. The lowest BCUT2D eigenvalue weighted by molar-refractivity contribution is -0.123. The number of amides is 2. The Morgan fingerprint density at radius 2 is 1.71 bits per heavy atom. The van der Waals surface area contributed by atoms with Crippen molar-refractivity contribution in [3.05, 3.63) is 24.8 Å². The molecule has 11 heteroatoms. The maximum Gasteiger partial charge on any atom is 0.407 e. The molecule has 1 fully saturated rings. The van der Waals surface area contributed by atoms with Crippen LogP contribution in [0.4, 0.5) is 10.6 Å². The molecule has 0 spiro atoms. The Kier molecular flexibility index (Phi) is 8.91. The van der Waals surface area contributed by atoms with E-state index in [0.29, 0.717) is 36.5 Å². The molecule has 0 unspecified atom stereocenters. The zero-order valence-corrected chi connectivity index (χ0v) is 21.0. The van der Waals surface area contributed by atoms with Crippen LogP contribution >= 0.6 is 0 Å². The summed E-state index contributed by atoms with van der Waals surface area (Å²) in [7, 11) is 1.50. The van der Waals surface area contributed by atoms with Crippen molar-refractivity contribution >= 4 is 17.8 Å². The molecule has 1 saturated carbocycles. The zero-order chi connectivity index (χ0) is 25.4. The van der Waals surface area contributed by atoms with Gasteiger partial charge in [-0.15, -0.1) is 0 Å². The first-order chi connectivity index (χ1) is 16.7. The molecule has 0 aromatic carbocycles. The maximum atomic E-state index is 13.1. The molecule has 0 saturated heterocycles. The van der Waals surface area contributed by atoms with Gasteiger partial charge in [0.2, 0.25) is 0 Å². The highest BCUT2D eigenvalue weighted by Crippen LogP contribution is 2.28. The molecule has 1 aliphatic carbocycles. The molecule has 1 N–H and O–H groups in total. The molecule has 0 aliphatic heterocycles. The summed E-state index contributed by atoms with van der Waals surface area (Å²) in [5, 5.41) is 2.93. The number of aromatic nitrogens is 4. The van der Waals surface area contributed by atoms with Crippen LogP contribution in [-0.4, -0.2) is 69.9 Å². The number of hydrogen-bond acceptors (Lipinski definition) is 9. The average Bonchev–Trinajstić information content (AvgIpc) is 2.83. The van der Waals surface area contributed by atoms with Gasteiger partial charge in [0, 0.05) is 36.6 Å². The smallest absolute Gasteiger partial charge is 0.407 e. The Morgan fingerprint density at radius 1 is 1.03 bits per heavy atom. The first-order valence-electron chi connectivity index (χ1n) is 11.8. The van der Waals surface area contributed by atoms with Gasteiger partial charge < -0.3 is 19.5 Å². The van der Waals surface area contributed by atoms with Crippen LogP contribution in [0.5, 0.6) is 6.01 Å². The fourth-order valence-corrected chi connectivity index (χ4v) is 3.88. The Hall–Kier alpha value is -3.34. The second kappa shape index (κ2) is 11.9. The van der Waals surface area contributed by atoms with Gasteiger partial charge in [0.25, 0.3) is 5.91 Å². The summed E-state index contributed by atoms with van der Waals surface area (Å²) >= 11 is 0. The SMILES string of the molecule is CCOCC(=O)N(c1cnc(-c2cnc(OC)nc2)cn1)C1CCC(NC(=O)OC(C)(C)C)CC1. The highest BCUT2D eigenvalue weighted by molar-refractivity contribution is 5.94. The van der Waals surface area contributed by atoms with E-state index in [9.17, 15) is 9.59 Å². The summed E-state index contributed by atoms with van der Waals surface area (Å²) in [5.74, 6) is 0.279. The Bertz CT molecular complexity index is 969. The van der Waals surface area contributed by atoms with Crippen LogP contribution in [0.2, 0.25) is 0 Å². The summed E-state index contributed by atoms with van der Waals surface area (Å²) in [6.45, 7) is 7.74. The van der Waals surface area contributed by atoms with Crippen molar-refractivity contribution in [1.82, 2.24) is 25.3 Å². The van der Waals surface area contributed by atoms with Gasteiger partial charge in [-0.1, -0.05) is 0 Å². The van der Waals surface area contributed by atoms with E-state index in [1.54, 1.807) is 29.7 Å². The average molecular weight is 487 g/mol. The highest BCUT2D eigenvalue weighted by atomic mass is 16.6. The van der Waals surface area contributed by atoms with E-state index >= 15 is 0 Å². The van der Waals surface area contributed by atoms with Crippen LogP contribution in [-0.2, 0) is 14.3 Å². The van der Waals surface area contributed by atoms with E-state index in [-0.39, 0.29) is 30.6 Å². The topological polar surface area (TPSA) is 129 Å². The molecule has 2 heterocycles. The van der Waals surface area contributed by atoms with Crippen LogP contribution in [0, 0.1) is 0 Å². The first kappa shape index (κ1) is 26.3. The van der Waals surface area contributed by atoms with E-state index in [0.717, 1.165) is 12.8 Å². The van der Waals surface area contributed by atoms with Gasteiger partial charge in [-0.2, -0.15) is 0 Å². The monoisotopic (exact) mass is 486 g/mol. The Labute approximate surface area is 205 Å². The van der Waals surface area contributed by atoms with Gasteiger partial charge in [0.15, 0.2) is 5.82 Å². The molecule has 11 nitrogen and oxygen atoms in total. The minimum Gasteiger partial charge on any atom is -0.467 e. The van der Waals surface area contributed by atoms with Crippen molar-refractivity contribution in [2.24, 2.45) is 0 Å². The molecule has 2 aromatic heterocycles. The van der Waals surface area contributed by atoms with Crippen molar-refractivity contribution in [3.8, 4) is 17.3 Å². The Morgan fingerprint density at radius 3 is 2.26 bits per heavy atom. The van der Waals surface area contributed by atoms with E-state index in [1.807, 2.05) is 27.7 Å². The van der Waals surface area contributed by atoms with Crippen molar-refractivity contribution in [3.63, 3.8) is 0 Å². The van der Waals surface area contributed by atoms with Crippen molar-refractivity contribution < 1.29 is 23.8 Å². The predicted molar refractivity (Wildman–Crippen MR) is 129 cm³/mol. The first-order valence-corrected chi connectivity index (χ1v) is 11.8. The number of nitrogens with zero attached hydrogens (tertiary/aromatic N) is 5. The third-order valence-corrected chi connectivity index (χ3v) is 5.47. The number of carbonyl (C=O) groups is 2. The zero-order valence-electron chi connectivity index (χ0n) is 21.0. The van der Waals surface area contributed by atoms with Gasteiger partial charge in [-0.25, -0.2) is 19.7 Å². The standard InChI is InChI=1S/C24H34N6O5/c1-6-34-15-21(31)30(18-9-7-17(8-10-18)29-23(32)35-24(2,3)4)20-14-25-19(13-26-20)16-11-27-22(33-5)28-12-16/h11-14,17-18H,6-10,15H2,1-5H3,(H,29,32). The quantitative estimate of drug-likeness (QED) is 0.598. The van der Waals surface area contributed by atoms with Crippen LogP contribution in [0.3, 0.4) is 0 Å². The molecular formula is C24H34N6O5. The lowest BCUT2D eigenvalue weighted by Gasteiger charge is -2.36. The second-order valence-corrected chi connectivity index (χ2v) is 9.27. The number of nitrogens with one attached hydrogen (secondary N) is 1. The van der Waals surface area contributed by atoms with E-state index in [1.165, 1.54) is 7.11 Å². The molecule has 190 valence electrons. The van der Waals surface area contributed by atoms with Gasteiger partial charge in [0.05, 0.1) is 25.2 Å². The molecular weight excluding hydrogens is 452 g/mol. The van der Waals surface area contributed by atoms with Gasteiger partial charge >= 0.3 is 12.1 Å². The summed E-state index contributed by atoms with van der Waals surface area (Å²) in [6, 6.07) is 0.181. The van der Waals surface area contributed by atoms with Crippen molar-refractivity contribution in [2.45, 2.75) is 71.1 Å². The number of alkyl carbamates (subject to hydrolysis) is 1. The van der Waals surface area contributed by atoms with Crippen LogP contribution < -0.4 is 15.0 Å². The number of hydrogen-bond donors (Lipinski definition) is 1. The fraction of sp³-hybridized carbons (Fsp3) is 0.583. The number of anilines is 1. The number of rotatable bonds is 8. The second-order valence-electron chi connectivity index (χ2n) is 9.27. The van der Waals surface area contributed by atoms with E-state index in [4.69, 9.17) is 14.2 Å². The molecule has 2 aromatic rings. The summed E-state index contributed by atoms with van der Waals surface area (Å²) in [6.07, 6.45) is 8.80.